The fraction of sp³-hybridized carbons (Fsp3) is 0.333. The fourth-order valence-corrected chi connectivity index (χ4v) is 3.60. The smallest absolute Gasteiger partial charge is 0.266 e. The first-order chi connectivity index (χ1) is 11.1. The van der Waals surface area contributed by atoms with E-state index >= 15 is 0 Å². The number of rotatable bonds is 5. The van der Waals surface area contributed by atoms with E-state index < -0.39 is 21.1 Å². The topological polar surface area (TPSA) is 81.1 Å². The SMILES string of the molecule is CCC(C)(C)NS(=O)(=O)c1ccc(-n2ncc(Cl)c(Cl)c2=O)cc1. The van der Waals surface area contributed by atoms with Crippen LogP contribution in [0.2, 0.25) is 10.0 Å². The van der Waals surface area contributed by atoms with E-state index in [9.17, 15) is 13.2 Å². The van der Waals surface area contributed by atoms with E-state index in [1.54, 1.807) is 13.8 Å². The molecule has 0 aliphatic rings. The quantitative estimate of drug-likeness (QED) is 0.851. The van der Waals surface area contributed by atoms with Gasteiger partial charge in [0, 0.05) is 5.54 Å². The number of sulfonamides is 1. The van der Waals surface area contributed by atoms with Crippen molar-refractivity contribution in [3.05, 3.63) is 50.9 Å². The van der Waals surface area contributed by atoms with Gasteiger partial charge in [0.1, 0.15) is 5.02 Å². The van der Waals surface area contributed by atoms with Crippen LogP contribution in [0.4, 0.5) is 0 Å². The minimum atomic E-state index is -3.66. The summed E-state index contributed by atoms with van der Waals surface area (Å²) in [6.07, 6.45) is 1.90. The number of hydrogen-bond acceptors (Lipinski definition) is 4. The van der Waals surface area contributed by atoms with E-state index in [-0.39, 0.29) is 14.9 Å². The van der Waals surface area contributed by atoms with Crippen LogP contribution in [0.15, 0.2) is 40.2 Å². The summed E-state index contributed by atoms with van der Waals surface area (Å²) in [5, 5.41) is 3.81. The zero-order chi connectivity index (χ0) is 18.1. The normalized spacial score (nSPS) is 12.4. The molecule has 9 heteroatoms. The van der Waals surface area contributed by atoms with Crippen molar-refractivity contribution in [1.29, 1.82) is 0 Å². The highest BCUT2D eigenvalue weighted by atomic mass is 35.5. The number of aromatic nitrogens is 2. The molecule has 0 spiro atoms. The zero-order valence-electron chi connectivity index (χ0n) is 13.4. The van der Waals surface area contributed by atoms with Gasteiger partial charge in [-0.2, -0.15) is 9.78 Å². The van der Waals surface area contributed by atoms with Crippen LogP contribution in [0.25, 0.3) is 5.69 Å². The highest BCUT2D eigenvalue weighted by Crippen LogP contribution is 2.19. The van der Waals surface area contributed by atoms with Gasteiger partial charge in [-0.25, -0.2) is 13.1 Å². The van der Waals surface area contributed by atoms with Crippen molar-refractivity contribution < 1.29 is 8.42 Å². The number of nitrogens with one attached hydrogen (secondary N) is 1. The average Bonchev–Trinajstić information content (AvgIpc) is 2.52. The number of hydrogen-bond donors (Lipinski definition) is 1. The molecule has 6 nitrogen and oxygen atoms in total. The molecule has 0 unspecified atom stereocenters. The monoisotopic (exact) mass is 389 g/mol. The van der Waals surface area contributed by atoms with Gasteiger partial charge in [0.2, 0.25) is 10.0 Å². The van der Waals surface area contributed by atoms with E-state index in [0.717, 1.165) is 4.68 Å². The number of benzene rings is 1. The lowest BCUT2D eigenvalue weighted by Crippen LogP contribution is -2.42. The first-order valence-corrected chi connectivity index (χ1v) is 9.39. The first-order valence-electron chi connectivity index (χ1n) is 7.15. The lowest BCUT2D eigenvalue weighted by molar-refractivity contribution is 0.439. The Labute approximate surface area is 150 Å². The fourth-order valence-electron chi connectivity index (χ4n) is 1.86. The van der Waals surface area contributed by atoms with Crippen LogP contribution in [0.5, 0.6) is 0 Å². The molecule has 1 N–H and O–H groups in total. The van der Waals surface area contributed by atoms with Gasteiger partial charge in [-0.05, 0) is 44.5 Å². The molecule has 130 valence electrons. The predicted molar refractivity (Wildman–Crippen MR) is 94.5 cm³/mol. The summed E-state index contributed by atoms with van der Waals surface area (Å²) < 4.78 is 28.5. The standard InChI is InChI=1S/C15H17Cl2N3O3S/c1-4-15(2,3)19-24(22,23)11-7-5-10(6-8-11)20-14(21)13(17)12(16)9-18-20/h5-9,19H,4H2,1-3H3. The second-order valence-corrected chi connectivity index (χ2v) is 8.33. The molecule has 0 amide bonds. The van der Waals surface area contributed by atoms with Gasteiger partial charge < -0.3 is 0 Å². The van der Waals surface area contributed by atoms with Crippen molar-refractivity contribution in [2.24, 2.45) is 0 Å². The Balaban J connectivity index is 2.39. The summed E-state index contributed by atoms with van der Waals surface area (Å²) >= 11 is 11.6. The summed E-state index contributed by atoms with van der Waals surface area (Å²) in [4.78, 5) is 12.1. The highest BCUT2D eigenvalue weighted by Gasteiger charge is 2.24. The Kier molecular flexibility index (Phi) is 5.39. The summed E-state index contributed by atoms with van der Waals surface area (Å²) in [6, 6.07) is 5.76. The van der Waals surface area contributed by atoms with Crippen molar-refractivity contribution in [1.82, 2.24) is 14.5 Å². The Morgan fingerprint density at radius 2 is 1.79 bits per heavy atom. The maximum absolute atomic E-state index is 12.4. The van der Waals surface area contributed by atoms with Crippen LogP contribution in [0.3, 0.4) is 0 Å². The maximum atomic E-state index is 12.4. The predicted octanol–water partition coefficient (Wildman–Crippen LogP) is 3.01. The molecule has 0 atom stereocenters. The minimum Gasteiger partial charge on any atom is -0.266 e. The highest BCUT2D eigenvalue weighted by molar-refractivity contribution is 7.89. The first kappa shape index (κ1) is 18.9. The van der Waals surface area contributed by atoms with Crippen LogP contribution in [0, 0.1) is 0 Å². The van der Waals surface area contributed by atoms with Crippen LogP contribution in [0.1, 0.15) is 27.2 Å². The van der Waals surface area contributed by atoms with Gasteiger partial charge >= 0.3 is 0 Å². The van der Waals surface area contributed by atoms with Crippen LogP contribution in [-0.2, 0) is 10.0 Å². The molecule has 0 saturated heterocycles. The van der Waals surface area contributed by atoms with Gasteiger partial charge in [0.25, 0.3) is 5.56 Å². The largest absolute Gasteiger partial charge is 0.291 e. The molecule has 0 aliphatic heterocycles. The maximum Gasteiger partial charge on any atom is 0.291 e. The van der Waals surface area contributed by atoms with Crippen LogP contribution >= 0.6 is 23.2 Å². The third kappa shape index (κ3) is 3.97. The van der Waals surface area contributed by atoms with E-state index in [4.69, 9.17) is 23.2 Å². The summed E-state index contributed by atoms with van der Waals surface area (Å²) in [7, 11) is -3.66. The van der Waals surface area contributed by atoms with Gasteiger partial charge in [0.05, 0.1) is 21.8 Å². The molecule has 1 heterocycles. The molecule has 2 rings (SSSR count). The molecule has 0 radical (unpaired) electrons. The zero-order valence-corrected chi connectivity index (χ0v) is 15.7. The molecule has 0 fully saturated rings. The van der Waals surface area contributed by atoms with Crippen LogP contribution in [-0.4, -0.2) is 23.7 Å². The molecule has 1 aromatic heterocycles. The molecule has 0 saturated carbocycles. The molecular formula is C15H17Cl2N3O3S. The van der Waals surface area contributed by atoms with E-state index in [2.05, 4.69) is 9.82 Å². The molecule has 0 aliphatic carbocycles. The molecule has 2 aromatic rings. The van der Waals surface area contributed by atoms with E-state index in [1.807, 2.05) is 6.92 Å². The minimum absolute atomic E-state index is 0.0584. The van der Waals surface area contributed by atoms with Gasteiger partial charge in [-0.1, -0.05) is 30.1 Å². The number of nitrogens with zero attached hydrogens (tertiary/aromatic N) is 2. The summed E-state index contributed by atoms with van der Waals surface area (Å²) in [5.74, 6) is 0. The second kappa shape index (κ2) is 6.84. The van der Waals surface area contributed by atoms with Crippen molar-refractivity contribution in [2.75, 3.05) is 0 Å². The molecular weight excluding hydrogens is 373 g/mol. The molecule has 1 aromatic carbocycles. The molecule has 0 bridgehead atoms. The van der Waals surface area contributed by atoms with E-state index in [1.165, 1.54) is 30.5 Å². The average molecular weight is 390 g/mol. The lowest BCUT2D eigenvalue weighted by Gasteiger charge is -2.24. The van der Waals surface area contributed by atoms with E-state index in [0.29, 0.717) is 12.1 Å². The Hall–Kier alpha value is -1.41. The van der Waals surface area contributed by atoms with Crippen molar-refractivity contribution in [3.8, 4) is 5.69 Å². The lowest BCUT2D eigenvalue weighted by atomic mass is 10.0. The van der Waals surface area contributed by atoms with Gasteiger partial charge in [0.15, 0.2) is 0 Å². The summed E-state index contributed by atoms with van der Waals surface area (Å²) in [6.45, 7) is 5.50. The van der Waals surface area contributed by atoms with Crippen LogP contribution < -0.4 is 10.3 Å². The van der Waals surface area contributed by atoms with Gasteiger partial charge in [-0.15, -0.1) is 0 Å². The van der Waals surface area contributed by atoms with Crippen molar-refractivity contribution in [3.63, 3.8) is 0 Å². The Bertz CT molecular complexity index is 907. The Morgan fingerprint density at radius 3 is 2.33 bits per heavy atom. The van der Waals surface area contributed by atoms with Gasteiger partial charge in [-0.3, -0.25) is 4.79 Å². The third-order valence-corrected chi connectivity index (χ3v) is 6.03. The summed E-state index contributed by atoms with van der Waals surface area (Å²) in [5.41, 5.74) is -0.753. The molecule has 24 heavy (non-hydrogen) atoms. The third-order valence-electron chi connectivity index (χ3n) is 3.56. The van der Waals surface area contributed by atoms with Crippen molar-refractivity contribution in [2.45, 2.75) is 37.6 Å². The number of halogens is 2. The second-order valence-electron chi connectivity index (χ2n) is 5.86. The van der Waals surface area contributed by atoms with Crippen molar-refractivity contribution >= 4 is 33.2 Å². The Morgan fingerprint density at radius 1 is 1.21 bits per heavy atom.